The first-order valence-corrected chi connectivity index (χ1v) is 7.71. The minimum atomic E-state index is -0.0205. The van der Waals surface area contributed by atoms with Gasteiger partial charge in [0.1, 0.15) is 6.61 Å². The molecule has 5 heteroatoms. The lowest BCUT2D eigenvalue weighted by Crippen LogP contribution is -2.19. The molecule has 2 rings (SSSR count). The second-order valence-corrected chi connectivity index (χ2v) is 5.33. The number of aliphatic hydroxyl groups is 1. The maximum atomic E-state index is 8.85. The van der Waals surface area contributed by atoms with Gasteiger partial charge in [-0.3, -0.25) is 4.98 Å². The largest absolute Gasteiger partial charge is 0.493 e. The van der Waals surface area contributed by atoms with Gasteiger partial charge in [0, 0.05) is 24.5 Å². The normalized spacial score (nSPS) is 12.0. The molecule has 0 bridgehead atoms. The number of hydrogen-bond acceptors (Lipinski definition) is 5. The molecule has 0 aliphatic carbocycles. The summed E-state index contributed by atoms with van der Waals surface area (Å²) in [4.78, 5) is 4.30. The third-order valence-electron chi connectivity index (χ3n) is 3.75. The van der Waals surface area contributed by atoms with Crippen LogP contribution in [0.3, 0.4) is 0 Å². The van der Waals surface area contributed by atoms with Gasteiger partial charge >= 0.3 is 0 Å². The molecule has 23 heavy (non-hydrogen) atoms. The molecule has 1 aromatic heterocycles. The molecule has 0 fully saturated rings. The molecule has 0 spiro atoms. The third-order valence-corrected chi connectivity index (χ3v) is 3.75. The Kier molecular flexibility index (Phi) is 6.38. The molecule has 0 aliphatic heterocycles. The van der Waals surface area contributed by atoms with Crippen LogP contribution in [0.4, 0.5) is 0 Å². The monoisotopic (exact) mass is 316 g/mol. The third kappa shape index (κ3) is 4.68. The van der Waals surface area contributed by atoms with Gasteiger partial charge in [0.15, 0.2) is 11.5 Å². The van der Waals surface area contributed by atoms with Crippen molar-refractivity contribution in [2.24, 2.45) is 0 Å². The van der Waals surface area contributed by atoms with E-state index in [9.17, 15) is 0 Å². The van der Waals surface area contributed by atoms with Crippen LogP contribution >= 0.6 is 0 Å². The SMILES string of the molecule is COc1cc(C(C)NCc2cccnc2C)ccc1OCCO. The fraction of sp³-hybridized carbons (Fsp3) is 0.389. The predicted octanol–water partition coefficient (Wildman–Crippen LogP) is 2.62. The smallest absolute Gasteiger partial charge is 0.161 e. The zero-order valence-corrected chi connectivity index (χ0v) is 13.9. The van der Waals surface area contributed by atoms with Gasteiger partial charge in [-0.15, -0.1) is 0 Å². The predicted molar refractivity (Wildman–Crippen MR) is 89.8 cm³/mol. The van der Waals surface area contributed by atoms with E-state index >= 15 is 0 Å². The molecule has 1 aromatic carbocycles. The number of rotatable bonds is 8. The Hall–Kier alpha value is -2.11. The van der Waals surface area contributed by atoms with E-state index < -0.39 is 0 Å². The molecule has 0 saturated carbocycles. The molecule has 5 nitrogen and oxygen atoms in total. The van der Waals surface area contributed by atoms with Crippen LogP contribution in [0.1, 0.15) is 29.8 Å². The van der Waals surface area contributed by atoms with Crippen molar-refractivity contribution in [1.82, 2.24) is 10.3 Å². The number of nitrogens with one attached hydrogen (secondary N) is 1. The molecule has 1 unspecified atom stereocenters. The molecular weight excluding hydrogens is 292 g/mol. The van der Waals surface area contributed by atoms with Gasteiger partial charge in [0.25, 0.3) is 0 Å². The van der Waals surface area contributed by atoms with Gasteiger partial charge in [0.2, 0.25) is 0 Å². The van der Waals surface area contributed by atoms with Crippen molar-refractivity contribution in [2.75, 3.05) is 20.3 Å². The molecule has 0 radical (unpaired) electrons. The van der Waals surface area contributed by atoms with Crippen LogP contribution in [0.5, 0.6) is 11.5 Å². The van der Waals surface area contributed by atoms with E-state index in [1.165, 1.54) is 5.56 Å². The lowest BCUT2D eigenvalue weighted by atomic mass is 10.1. The Balaban J connectivity index is 2.04. The van der Waals surface area contributed by atoms with Crippen molar-refractivity contribution in [3.8, 4) is 11.5 Å². The molecular formula is C18H24N2O3. The fourth-order valence-electron chi connectivity index (χ4n) is 2.31. The first-order valence-electron chi connectivity index (χ1n) is 7.71. The molecule has 2 N–H and O–H groups in total. The van der Waals surface area contributed by atoms with E-state index in [0.717, 1.165) is 17.8 Å². The van der Waals surface area contributed by atoms with Gasteiger partial charge in [-0.25, -0.2) is 0 Å². The quantitative estimate of drug-likeness (QED) is 0.784. The highest BCUT2D eigenvalue weighted by atomic mass is 16.5. The number of aromatic nitrogens is 1. The lowest BCUT2D eigenvalue weighted by molar-refractivity contribution is 0.196. The highest BCUT2D eigenvalue weighted by Crippen LogP contribution is 2.30. The number of aryl methyl sites for hydroxylation is 1. The maximum absolute atomic E-state index is 8.85. The van der Waals surface area contributed by atoms with E-state index in [1.54, 1.807) is 13.3 Å². The highest BCUT2D eigenvalue weighted by Gasteiger charge is 2.11. The van der Waals surface area contributed by atoms with Gasteiger partial charge in [-0.2, -0.15) is 0 Å². The van der Waals surface area contributed by atoms with Gasteiger partial charge in [0.05, 0.1) is 13.7 Å². The van der Waals surface area contributed by atoms with Crippen LogP contribution in [0.25, 0.3) is 0 Å². The molecule has 124 valence electrons. The molecule has 0 amide bonds. The molecule has 0 aliphatic rings. The van der Waals surface area contributed by atoms with E-state index in [4.69, 9.17) is 14.6 Å². The fourth-order valence-corrected chi connectivity index (χ4v) is 2.31. The summed E-state index contributed by atoms with van der Waals surface area (Å²) in [5.74, 6) is 1.31. The summed E-state index contributed by atoms with van der Waals surface area (Å²) in [6, 6.07) is 10.0. The van der Waals surface area contributed by atoms with Gasteiger partial charge < -0.3 is 19.9 Å². The van der Waals surface area contributed by atoms with Gasteiger partial charge in [-0.05, 0) is 43.2 Å². The first-order chi connectivity index (χ1) is 11.2. The molecule has 2 aromatic rings. The van der Waals surface area contributed by atoms with Crippen molar-refractivity contribution in [3.63, 3.8) is 0 Å². The summed E-state index contributed by atoms with van der Waals surface area (Å²) >= 11 is 0. The number of ether oxygens (including phenoxy) is 2. The Morgan fingerprint density at radius 1 is 1.26 bits per heavy atom. The zero-order valence-electron chi connectivity index (χ0n) is 13.9. The average molecular weight is 316 g/mol. The van der Waals surface area contributed by atoms with E-state index in [0.29, 0.717) is 11.5 Å². The van der Waals surface area contributed by atoms with Crippen LogP contribution in [0.2, 0.25) is 0 Å². The van der Waals surface area contributed by atoms with Crippen LogP contribution in [-0.4, -0.2) is 30.4 Å². The van der Waals surface area contributed by atoms with Gasteiger partial charge in [-0.1, -0.05) is 12.1 Å². The minimum absolute atomic E-state index is 0.0205. The summed E-state index contributed by atoms with van der Waals surface area (Å²) in [6.45, 7) is 5.11. The zero-order chi connectivity index (χ0) is 16.7. The highest BCUT2D eigenvalue weighted by molar-refractivity contribution is 5.43. The molecule has 0 saturated heterocycles. The minimum Gasteiger partial charge on any atom is -0.493 e. The Morgan fingerprint density at radius 2 is 2.09 bits per heavy atom. The van der Waals surface area contributed by atoms with Crippen molar-refractivity contribution >= 4 is 0 Å². The molecule has 1 atom stereocenters. The van der Waals surface area contributed by atoms with Crippen LogP contribution in [0.15, 0.2) is 36.5 Å². The Labute approximate surface area is 137 Å². The second-order valence-electron chi connectivity index (χ2n) is 5.33. The lowest BCUT2D eigenvalue weighted by Gasteiger charge is -2.17. The summed E-state index contributed by atoms with van der Waals surface area (Å²) in [5, 5.41) is 12.3. The standard InChI is InChI=1S/C18H24N2O3/c1-13(20-12-16-5-4-8-19-14(16)2)15-6-7-17(23-10-9-21)18(11-15)22-3/h4-8,11,13,20-21H,9-10,12H2,1-3H3. The number of methoxy groups -OCH3 is 1. The summed E-state index contributed by atoms with van der Waals surface area (Å²) in [6.07, 6.45) is 1.80. The van der Waals surface area contributed by atoms with E-state index in [1.807, 2.05) is 31.2 Å². The number of hydrogen-bond donors (Lipinski definition) is 2. The number of benzene rings is 1. The van der Waals surface area contributed by atoms with Crippen molar-refractivity contribution in [1.29, 1.82) is 0 Å². The maximum Gasteiger partial charge on any atom is 0.161 e. The number of aliphatic hydroxyl groups excluding tert-OH is 1. The number of nitrogens with zero attached hydrogens (tertiary/aromatic N) is 1. The molecule has 1 heterocycles. The second kappa shape index (κ2) is 8.50. The summed E-state index contributed by atoms with van der Waals surface area (Å²) < 4.78 is 10.8. The van der Waals surface area contributed by atoms with Crippen LogP contribution in [0, 0.1) is 6.92 Å². The summed E-state index contributed by atoms with van der Waals surface area (Å²) in [5.41, 5.74) is 3.34. The summed E-state index contributed by atoms with van der Waals surface area (Å²) in [7, 11) is 1.61. The Morgan fingerprint density at radius 3 is 2.78 bits per heavy atom. The Bertz CT molecular complexity index is 631. The van der Waals surface area contributed by atoms with Crippen LogP contribution in [-0.2, 0) is 6.54 Å². The van der Waals surface area contributed by atoms with Crippen molar-refractivity contribution in [3.05, 3.63) is 53.3 Å². The average Bonchev–Trinajstić information content (AvgIpc) is 2.58. The van der Waals surface area contributed by atoms with Crippen molar-refractivity contribution < 1.29 is 14.6 Å². The van der Waals surface area contributed by atoms with Crippen LogP contribution < -0.4 is 14.8 Å². The van der Waals surface area contributed by atoms with E-state index in [-0.39, 0.29) is 19.3 Å². The number of pyridine rings is 1. The van der Waals surface area contributed by atoms with Crippen molar-refractivity contribution in [2.45, 2.75) is 26.4 Å². The topological polar surface area (TPSA) is 63.6 Å². The van der Waals surface area contributed by atoms with E-state index in [2.05, 4.69) is 23.3 Å². The first kappa shape index (κ1) is 17.2.